The van der Waals surface area contributed by atoms with E-state index in [0.29, 0.717) is 37.5 Å². The van der Waals surface area contributed by atoms with Gasteiger partial charge in [-0.25, -0.2) is 0 Å². The Morgan fingerprint density at radius 1 is 1.00 bits per heavy atom. The van der Waals surface area contributed by atoms with Gasteiger partial charge in [-0.2, -0.15) is 0 Å². The first-order valence-corrected chi connectivity index (χ1v) is 8.90. The molecule has 7 nitrogen and oxygen atoms in total. The van der Waals surface area contributed by atoms with E-state index in [9.17, 15) is 9.59 Å². The van der Waals surface area contributed by atoms with Crippen LogP contribution in [-0.2, 0) is 14.3 Å². The van der Waals surface area contributed by atoms with Crippen molar-refractivity contribution in [3.05, 3.63) is 41.6 Å². The second kappa shape index (κ2) is 8.44. The Kier molecular flexibility index (Phi) is 6.03. The number of carbonyl (C=O) groups is 2. The number of hydrogen-bond acceptors (Lipinski definition) is 6. The van der Waals surface area contributed by atoms with Crippen LogP contribution in [-0.4, -0.2) is 91.2 Å². The smallest absolute Gasteiger partial charge is 0.277 e. The number of hydrogen-bond donors (Lipinski definition) is 1. The Morgan fingerprint density at radius 3 is 2.31 bits per heavy atom. The molecule has 2 heterocycles. The van der Waals surface area contributed by atoms with Crippen molar-refractivity contribution < 1.29 is 19.4 Å². The number of aliphatic hydroxyl groups excluding tert-OH is 1. The van der Waals surface area contributed by atoms with Crippen LogP contribution in [0.4, 0.5) is 0 Å². The zero-order valence-corrected chi connectivity index (χ0v) is 15.1. The molecule has 0 aliphatic carbocycles. The molecular formula is C19H25N3O4. The largest absolute Gasteiger partial charge is 0.395 e. The van der Waals surface area contributed by atoms with Gasteiger partial charge in [0.25, 0.3) is 11.8 Å². The molecule has 3 rings (SSSR count). The van der Waals surface area contributed by atoms with Gasteiger partial charge in [0.1, 0.15) is 5.70 Å². The number of β-amino-alcohol motifs (C(OH)–C–C–N with tert-alkyl or cyclic N) is 1. The molecule has 1 fully saturated rings. The number of rotatable bonds is 7. The average Bonchev–Trinajstić information content (AvgIpc) is 2.92. The molecule has 7 heteroatoms. The third-order valence-corrected chi connectivity index (χ3v) is 4.83. The topological polar surface area (TPSA) is 73.3 Å². The molecule has 0 saturated carbocycles. The predicted octanol–water partition coefficient (Wildman–Crippen LogP) is 0.0228. The summed E-state index contributed by atoms with van der Waals surface area (Å²) in [6.07, 6.45) is 0. The van der Waals surface area contributed by atoms with Gasteiger partial charge in [0, 0.05) is 39.8 Å². The van der Waals surface area contributed by atoms with E-state index >= 15 is 0 Å². The Labute approximate surface area is 153 Å². The number of aliphatic hydroxyl groups is 1. The van der Waals surface area contributed by atoms with Crippen LogP contribution < -0.4 is 0 Å². The monoisotopic (exact) mass is 359 g/mol. The quantitative estimate of drug-likeness (QED) is 0.692. The number of amides is 2. The van der Waals surface area contributed by atoms with Crippen LogP contribution in [0, 0.1) is 0 Å². The number of carbonyl (C=O) groups excluding carboxylic acids is 2. The van der Waals surface area contributed by atoms with Crippen LogP contribution in [0.1, 0.15) is 5.56 Å². The molecule has 2 aliphatic rings. The van der Waals surface area contributed by atoms with Crippen LogP contribution in [0.5, 0.6) is 0 Å². The minimum atomic E-state index is -0.258. The van der Waals surface area contributed by atoms with Gasteiger partial charge in [0.2, 0.25) is 0 Å². The number of piperazine rings is 1. The fraction of sp³-hybridized carbons (Fsp3) is 0.474. The van der Waals surface area contributed by atoms with E-state index in [2.05, 4.69) is 4.90 Å². The molecule has 0 aromatic heterocycles. The van der Waals surface area contributed by atoms with Crippen LogP contribution in [0.3, 0.4) is 0 Å². The summed E-state index contributed by atoms with van der Waals surface area (Å²) in [6.45, 7) is 4.14. The van der Waals surface area contributed by atoms with Crippen LogP contribution in [0.15, 0.2) is 36.0 Å². The van der Waals surface area contributed by atoms with Gasteiger partial charge in [-0.3, -0.25) is 19.4 Å². The van der Waals surface area contributed by atoms with Crippen LogP contribution in [0.25, 0.3) is 5.57 Å². The Balaban J connectivity index is 1.90. The molecular weight excluding hydrogens is 334 g/mol. The van der Waals surface area contributed by atoms with E-state index in [4.69, 9.17) is 9.84 Å². The SMILES string of the molecule is COCCN1C(=O)C(c2ccccc2)=C(N2CCN(CCO)CC2)C1=O. The zero-order valence-electron chi connectivity index (χ0n) is 15.1. The van der Waals surface area contributed by atoms with E-state index in [1.165, 1.54) is 4.90 Å². The molecule has 0 bridgehead atoms. The maximum absolute atomic E-state index is 13.0. The molecule has 0 atom stereocenters. The summed E-state index contributed by atoms with van der Waals surface area (Å²) in [4.78, 5) is 31.4. The molecule has 2 aliphatic heterocycles. The summed E-state index contributed by atoms with van der Waals surface area (Å²) in [5.74, 6) is -0.507. The first kappa shape index (κ1) is 18.6. The van der Waals surface area contributed by atoms with Crippen molar-refractivity contribution in [2.45, 2.75) is 0 Å². The van der Waals surface area contributed by atoms with Gasteiger partial charge in [-0.1, -0.05) is 30.3 Å². The predicted molar refractivity (Wildman–Crippen MR) is 97.1 cm³/mol. The van der Waals surface area contributed by atoms with Crippen LogP contribution >= 0.6 is 0 Å². The number of methoxy groups -OCH3 is 1. The van der Waals surface area contributed by atoms with E-state index in [0.717, 1.165) is 18.7 Å². The van der Waals surface area contributed by atoms with Crippen LogP contribution in [0.2, 0.25) is 0 Å². The lowest BCUT2D eigenvalue weighted by Gasteiger charge is -2.36. The molecule has 1 aromatic rings. The highest BCUT2D eigenvalue weighted by Crippen LogP contribution is 2.31. The highest BCUT2D eigenvalue weighted by atomic mass is 16.5. The standard InChI is InChI=1S/C19H25N3O4/c1-26-14-12-22-18(24)16(15-5-3-2-4-6-15)17(19(22)25)21-9-7-20(8-10-21)11-13-23/h2-6,23H,7-14H2,1H3. The van der Waals surface area contributed by atoms with Crippen molar-refractivity contribution in [1.29, 1.82) is 0 Å². The lowest BCUT2D eigenvalue weighted by atomic mass is 10.0. The van der Waals surface area contributed by atoms with Gasteiger partial charge in [-0.05, 0) is 5.56 Å². The van der Waals surface area contributed by atoms with Gasteiger partial charge in [0.05, 0.1) is 25.3 Å². The first-order chi connectivity index (χ1) is 12.7. The first-order valence-electron chi connectivity index (χ1n) is 8.90. The molecule has 1 saturated heterocycles. The Bertz CT molecular complexity index is 681. The molecule has 1 N–H and O–H groups in total. The van der Waals surface area contributed by atoms with Gasteiger partial charge < -0.3 is 14.7 Å². The zero-order chi connectivity index (χ0) is 18.5. The van der Waals surface area contributed by atoms with Gasteiger partial charge >= 0.3 is 0 Å². The minimum absolute atomic E-state index is 0.125. The second-order valence-electron chi connectivity index (χ2n) is 6.40. The summed E-state index contributed by atoms with van der Waals surface area (Å²) in [6, 6.07) is 9.36. The van der Waals surface area contributed by atoms with E-state index in [1.54, 1.807) is 7.11 Å². The maximum Gasteiger partial charge on any atom is 0.277 e. The summed E-state index contributed by atoms with van der Waals surface area (Å²) >= 11 is 0. The van der Waals surface area contributed by atoms with Crippen molar-refractivity contribution in [2.24, 2.45) is 0 Å². The maximum atomic E-state index is 13.0. The van der Waals surface area contributed by atoms with Gasteiger partial charge in [0.15, 0.2) is 0 Å². The highest BCUT2D eigenvalue weighted by molar-refractivity contribution is 6.35. The molecule has 2 amide bonds. The van der Waals surface area contributed by atoms with Crippen molar-refractivity contribution in [3.8, 4) is 0 Å². The molecule has 0 radical (unpaired) electrons. The normalized spacial score (nSPS) is 19.0. The lowest BCUT2D eigenvalue weighted by Crippen LogP contribution is -2.48. The van der Waals surface area contributed by atoms with E-state index < -0.39 is 0 Å². The van der Waals surface area contributed by atoms with E-state index in [1.807, 2.05) is 35.2 Å². The number of imide groups is 1. The Morgan fingerprint density at radius 2 is 1.69 bits per heavy atom. The van der Waals surface area contributed by atoms with Crippen molar-refractivity contribution >= 4 is 17.4 Å². The third kappa shape index (κ3) is 3.65. The number of benzene rings is 1. The summed E-state index contributed by atoms with van der Waals surface area (Å²) < 4.78 is 5.05. The van der Waals surface area contributed by atoms with E-state index in [-0.39, 0.29) is 25.0 Å². The molecule has 0 unspecified atom stereocenters. The number of ether oxygens (including phenoxy) is 1. The molecule has 140 valence electrons. The lowest BCUT2D eigenvalue weighted by molar-refractivity contribution is -0.138. The minimum Gasteiger partial charge on any atom is -0.395 e. The summed E-state index contributed by atoms with van der Waals surface area (Å²) in [5, 5.41) is 9.10. The molecule has 0 spiro atoms. The number of nitrogens with zero attached hydrogens (tertiary/aromatic N) is 3. The third-order valence-electron chi connectivity index (χ3n) is 4.83. The molecule has 1 aromatic carbocycles. The van der Waals surface area contributed by atoms with Gasteiger partial charge in [-0.15, -0.1) is 0 Å². The Hall–Kier alpha value is -2.22. The fourth-order valence-corrected chi connectivity index (χ4v) is 3.44. The van der Waals surface area contributed by atoms with Crippen molar-refractivity contribution in [3.63, 3.8) is 0 Å². The second-order valence-corrected chi connectivity index (χ2v) is 6.40. The average molecular weight is 359 g/mol. The van der Waals surface area contributed by atoms with Crippen molar-refractivity contribution in [1.82, 2.24) is 14.7 Å². The highest BCUT2D eigenvalue weighted by Gasteiger charge is 2.41. The summed E-state index contributed by atoms with van der Waals surface area (Å²) in [7, 11) is 1.55. The summed E-state index contributed by atoms with van der Waals surface area (Å²) in [5.41, 5.74) is 1.72. The fourth-order valence-electron chi connectivity index (χ4n) is 3.44. The van der Waals surface area contributed by atoms with Crippen molar-refractivity contribution in [2.75, 3.05) is 59.6 Å². The molecule has 26 heavy (non-hydrogen) atoms.